The average Bonchev–Trinajstić information content (AvgIpc) is 2.44. The number of non-ortho nitro benzene ring substituents is 1. The number of benzene rings is 1. The highest BCUT2D eigenvalue weighted by atomic mass is 19.1. The molecule has 0 bridgehead atoms. The number of nitrogens with zero attached hydrogens (tertiary/aromatic N) is 2. The van der Waals surface area contributed by atoms with E-state index < -0.39 is 28.3 Å². The minimum absolute atomic E-state index is 0.00925. The lowest BCUT2D eigenvalue weighted by atomic mass is 10.1. The van der Waals surface area contributed by atoms with Crippen LogP contribution in [0.4, 0.5) is 10.1 Å². The van der Waals surface area contributed by atoms with Gasteiger partial charge in [0, 0.05) is 19.7 Å². The molecule has 0 atom stereocenters. The van der Waals surface area contributed by atoms with Crippen LogP contribution in [0, 0.1) is 15.9 Å². The summed E-state index contributed by atoms with van der Waals surface area (Å²) in [6, 6.07) is 2.79. The van der Waals surface area contributed by atoms with Gasteiger partial charge in [-0.2, -0.15) is 0 Å². The van der Waals surface area contributed by atoms with Gasteiger partial charge < -0.3 is 9.64 Å². The molecule has 0 heterocycles. The van der Waals surface area contributed by atoms with Gasteiger partial charge in [-0.3, -0.25) is 19.7 Å². The summed E-state index contributed by atoms with van der Waals surface area (Å²) in [4.78, 5) is 34.1. The standard InChI is InChI=1S/C13H15FN2O5/c1-3-21-12(17)6-7-15(2)13(18)10-5-4-9(16(19)20)8-11(10)14/h4-5,8H,3,6-7H2,1-2H3. The molecule has 1 rings (SSSR count). The van der Waals surface area contributed by atoms with Crippen molar-refractivity contribution in [2.75, 3.05) is 20.2 Å². The topological polar surface area (TPSA) is 89.8 Å². The fourth-order valence-electron chi connectivity index (χ4n) is 1.59. The molecule has 0 radical (unpaired) electrons. The SMILES string of the molecule is CCOC(=O)CCN(C)C(=O)c1ccc([N+](=O)[O-])cc1F. The number of hydrogen-bond donors (Lipinski definition) is 0. The van der Waals surface area contributed by atoms with Gasteiger partial charge in [-0.05, 0) is 13.0 Å². The Morgan fingerprint density at radius 2 is 2.10 bits per heavy atom. The molecule has 1 aromatic carbocycles. The lowest BCUT2D eigenvalue weighted by molar-refractivity contribution is -0.385. The van der Waals surface area contributed by atoms with Crippen molar-refractivity contribution in [3.63, 3.8) is 0 Å². The smallest absolute Gasteiger partial charge is 0.307 e. The number of ether oxygens (including phenoxy) is 1. The Labute approximate surface area is 120 Å². The maximum Gasteiger partial charge on any atom is 0.307 e. The van der Waals surface area contributed by atoms with E-state index >= 15 is 0 Å². The highest BCUT2D eigenvalue weighted by molar-refractivity contribution is 5.94. The Balaban J connectivity index is 2.74. The molecule has 0 aromatic heterocycles. The van der Waals surface area contributed by atoms with Gasteiger partial charge in [0.25, 0.3) is 11.6 Å². The first-order valence-corrected chi connectivity index (χ1v) is 6.21. The largest absolute Gasteiger partial charge is 0.466 e. The van der Waals surface area contributed by atoms with Gasteiger partial charge in [-0.25, -0.2) is 4.39 Å². The third kappa shape index (κ3) is 4.51. The average molecular weight is 298 g/mol. The lowest BCUT2D eigenvalue weighted by Crippen LogP contribution is -2.30. The van der Waals surface area contributed by atoms with E-state index in [4.69, 9.17) is 4.74 Å². The summed E-state index contributed by atoms with van der Waals surface area (Å²) in [5.41, 5.74) is -0.717. The van der Waals surface area contributed by atoms with Gasteiger partial charge in [0.2, 0.25) is 0 Å². The molecular formula is C13H15FN2O5. The predicted octanol–water partition coefficient (Wildman–Crippen LogP) is 1.76. The second kappa shape index (κ2) is 7.32. The molecule has 0 aliphatic heterocycles. The van der Waals surface area contributed by atoms with Gasteiger partial charge in [0.05, 0.1) is 29.6 Å². The van der Waals surface area contributed by atoms with Crippen LogP contribution >= 0.6 is 0 Å². The van der Waals surface area contributed by atoms with Crippen LogP contribution < -0.4 is 0 Å². The number of nitro benzene ring substituents is 1. The molecule has 114 valence electrons. The highest BCUT2D eigenvalue weighted by Crippen LogP contribution is 2.17. The zero-order chi connectivity index (χ0) is 16.0. The number of hydrogen-bond acceptors (Lipinski definition) is 5. The Kier molecular flexibility index (Phi) is 5.77. The summed E-state index contributed by atoms with van der Waals surface area (Å²) in [6.07, 6.45) is -0.00925. The van der Waals surface area contributed by atoms with Crippen LogP contribution in [0.3, 0.4) is 0 Å². The second-order valence-corrected chi connectivity index (χ2v) is 4.20. The van der Waals surface area contributed by atoms with E-state index in [-0.39, 0.29) is 25.1 Å². The molecule has 8 heteroatoms. The molecule has 0 spiro atoms. The number of carbonyl (C=O) groups is 2. The van der Waals surface area contributed by atoms with Gasteiger partial charge in [-0.15, -0.1) is 0 Å². The number of esters is 1. The zero-order valence-electron chi connectivity index (χ0n) is 11.7. The molecule has 0 N–H and O–H groups in total. The third-order valence-electron chi connectivity index (χ3n) is 2.70. The number of halogens is 1. The number of carbonyl (C=O) groups excluding carboxylic acids is 2. The van der Waals surface area contributed by atoms with Gasteiger partial charge in [-0.1, -0.05) is 0 Å². The second-order valence-electron chi connectivity index (χ2n) is 4.20. The molecule has 0 aliphatic carbocycles. The van der Waals surface area contributed by atoms with Crippen molar-refractivity contribution in [2.45, 2.75) is 13.3 Å². The highest BCUT2D eigenvalue weighted by Gasteiger charge is 2.19. The maximum atomic E-state index is 13.7. The lowest BCUT2D eigenvalue weighted by Gasteiger charge is -2.16. The summed E-state index contributed by atoms with van der Waals surface area (Å²) >= 11 is 0. The molecule has 0 saturated heterocycles. The Hall–Kier alpha value is -2.51. The minimum atomic E-state index is -0.975. The summed E-state index contributed by atoms with van der Waals surface area (Å²) in [6.45, 7) is 1.97. The Bertz CT molecular complexity index is 561. The predicted molar refractivity (Wildman–Crippen MR) is 71.3 cm³/mol. The summed E-state index contributed by atoms with van der Waals surface area (Å²) in [5.74, 6) is -2.09. The van der Waals surface area contributed by atoms with E-state index in [1.54, 1.807) is 6.92 Å². The molecular weight excluding hydrogens is 283 g/mol. The number of rotatable bonds is 6. The quantitative estimate of drug-likeness (QED) is 0.453. The van der Waals surface area contributed by atoms with Crippen molar-refractivity contribution in [1.29, 1.82) is 0 Å². The first-order valence-electron chi connectivity index (χ1n) is 6.21. The molecule has 1 aromatic rings. The molecule has 21 heavy (non-hydrogen) atoms. The van der Waals surface area contributed by atoms with E-state index in [9.17, 15) is 24.1 Å². The molecule has 0 fully saturated rings. The molecule has 1 amide bonds. The third-order valence-corrected chi connectivity index (χ3v) is 2.70. The monoisotopic (exact) mass is 298 g/mol. The molecule has 0 saturated carbocycles. The minimum Gasteiger partial charge on any atom is -0.466 e. The fourth-order valence-corrected chi connectivity index (χ4v) is 1.59. The first-order chi connectivity index (χ1) is 9.86. The summed E-state index contributed by atoms with van der Waals surface area (Å²) in [5, 5.41) is 10.5. The summed E-state index contributed by atoms with van der Waals surface area (Å²) in [7, 11) is 1.41. The van der Waals surface area contributed by atoms with E-state index in [1.165, 1.54) is 7.05 Å². The first kappa shape index (κ1) is 16.5. The van der Waals surface area contributed by atoms with E-state index in [0.717, 1.165) is 17.0 Å². The van der Waals surface area contributed by atoms with Crippen LogP contribution in [0.15, 0.2) is 18.2 Å². The normalized spacial score (nSPS) is 10.0. The molecule has 0 unspecified atom stereocenters. The van der Waals surface area contributed by atoms with Crippen molar-refractivity contribution in [1.82, 2.24) is 4.90 Å². The van der Waals surface area contributed by atoms with E-state index in [2.05, 4.69) is 0 Å². The van der Waals surface area contributed by atoms with Crippen LogP contribution in [0.1, 0.15) is 23.7 Å². The van der Waals surface area contributed by atoms with Crippen molar-refractivity contribution in [3.05, 3.63) is 39.7 Å². The maximum absolute atomic E-state index is 13.7. The van der Waals surface area contributed by atoms with Crippen LogP contribution in [0.5, 0.6) is 0 Å². The van der Waals surface area contributed by atoms with Gasteiger partial charge in [0.15, 0.2) is 0 Å². The van der Waals surface area contributed by atoms with Crippen molar-refractivity contribution in [3.8, 4) is 0 Å². The van der Waals surface area contributed by atoms with Crippen molar-refractivity contribution >= 4 is 17.6 Å². The molecule has 7 nitrogen and oxygen atoms in total. The Morgan fingerprint density at radius 1 is 1.43 bits per heavy atom. The number of nitro groups is 1. The van der Waals surface area contributed by atoms with E-state index in [1.807, 2.05) is 0 Å². The summed E-state index contributed by atoms with van der Waals surface area (Å²) < 4.78 is 18.4. The van der Waals surface area contributed by atoms with Crippen molar-refractivity contribution in [2.24, 2.45) is 0 Å². The van der Waals surface area contributed by atoms with E-state index in [0.29, 0.717) is 6.07 Å². The van der Waals surface area contributed by atoms with Gasteiger partial charge in [0.1, 0.15) is 5.82 Å². The zero-order valence-corrected chi connectivity index (χ0v) is 11.7. The van der Waals surface area contributed by atoms with Gasteiger partial charge >= 0.3 is 5.97 Å². The number of amides is 1. The molecule has 0 aliphatic rings. The van der Waals surface area contributed by atoms with Crippen LogP contribution in [-0.2, 0) is 9.53 Å². The fraction of sp³-hybridized carbons (Fsp3) is 0.385. The Morgan fingerprint density at radius 3 is 2.62 bits per heavy atom. The van der Waals surface area contributed by atoms with Crippen LogP contribution in [0.2, 0.25) is 0 Å². The van der Waals surface area contributed by atoms with Crippen LogP contribution in [-0.4, -0.2) is 41.9 Å². The van der Waals surface area contributed by atoms with Crippen molar-refractivity contribution < 1.29 is 23.6 Å². The van der Waals surface area contributed by atoms with Crippen LogP contribution in [0.25, 0.3) is 0 Å².